The summed E-state index contributed by atoms with van der Waals surface area (Å²) in [4.78, 5) is 0. The highest BCUT2D eigenvalue weighted by Crippen LogP contribution is 2.34. The molecular formula is C12H24O2. The van der Waals surface area contributed by atoms with Crippen LogP contribution in [-0.4, -0.2) is 24.4 Å². The fraction of sp³-hybridized carbons (Fsp3) is 1.00. The van der Waals surface area contributed by atoms with Gasteiger partial charge in [0.1, 0.15) is 0 Å². The van der Waals surface area contributed by atoms with Gasteiger partial charge in [0.05, 0.1) is 12.2 Å². The van der Waals surface area contributed by atoms with E-state index in [1.165, 1.54) is 25.7 Å². The zero-order chi connectivity index (χ0) is 10.6. The molecule has 0 heterocycles. The average Bonchev–Trinajstić information content (AvgIpc) is 2.56. The largest absolute Gasteiger partial charge is 0.387 e. The molecule has 1 rings (SSSR count). The molecule has 0 saturated heterocycles. The van der Waals surface area contributed by atoms with E-state index in [0.29, 0.717) is 6.61 Å². The third-order valence-electron chi connectivity index (χ3n) is 3.59. The lowest BCUT2D eigenvalue weighted by Crippen LogP contribution is -2.41. The molecule has 1 N–H and O–H groups in total. The van der Waals surface area contributed by atoms with Crippen molar-refractivity contribution in [3.63, 3.8) is 0 Å². The Kier molecular flexibility index (Phi) is 4.39. The minimum absolute atomic E-state index is 0.281. The highest BCUT2D eigenvalue weighted by molar-refractivity contribution is 4.86. The van der Waals surface area contributed by atoms with Gasteiger partial charge in [0.25, 0.3) is 0 Å². The fourth-order valence-electron chi connectivity index (χ4n) is 2.43. The Morgan fingerprint density at radius 1 is 1.36 bits per heavy atom. The maximum Gasteiger partial charge on any atom is 0.0905 e. The van der Waals surface area contributed by atoms with Crippen LogP contribution in [0.15, 0.2) is 0 Å². The van der Waals surface area contributed by atoms with Crippen molar-refractivity contribution in [2.24, 2.45) is 11.8 Å². The first-order valence-corrected chi connectivity index (χ1v) is 5.80. The van der Waals surface area contributed by atoms with Gasteiger partial charge in [0.15, 0.2) is 0 Å². The molecule has 2 nitrogen and oxygen atoms in total. The predicted molar refractivity (Wildman–Crippen MR) is 58.2 cm³/mol. The van der Waals surface area contributed by atoms with Crippen LogP contribution < -0.4 is 0 Å². The standard InChI is InChI=1S/C12H24O2/c1-10(2)12(13,9-14-3)8-11-6-4-5-7-11/h10-11,13H,4-9H2,1-3H3. The minimum atomic E-state index is -0.607. The SMILES string of the molecule is COCC(O)(CC1CCCC1)C(C)C. The van der Waals surface area contributed by atoms with E-state index in [1.807, 2.05) is 0 Å². The van der Waals surface area contributed by atoms with Crippen LogP contribution in [-0.2, 0) is 4.74 Å². The van der Waals surface area contributed by atoms with Gasteiger partial charge in [0, 0.05) is 7.11 Å². The summed E-state index contributed by atoms with van der Waals surface area (Å²) < 4.78 is 5.13. The van der Waals surface area contributed by atoms with Crippen molar-refractivity contribution in [3.8, 4) is 0 Å². The molecule has 1 unspecified atom stereocenters. The second-order valence-electron chi connectivity index (χ2n) is 5.05. The highest BCUT2D eigenvalue weighted by atomic mass is 16.5. The monoisotopic (exact) mass is 200 g/mol. The van der Waals surface area contributed by atoms with Crippen LogP contribution >= 0.6 is 0 Å². The summed E-state index contributed by atoms with van der Waals surface area (Å²) in [6.45, 7) is 4.63. The van der Waals surface area contributed by atoms with Crippen molar-refractivity contribution in [2.45, 2.75) is 51.6 Å². The lowest BCUT2D eigenvalue weighted by atomic mass is 9.82. The number of hydrogen-bond acceptors (Lipinski definition) is 2. The Balaban J connectivity index is 2.48. The van der Waals surface area contributed by atoms with Gasteiger partial charge in [-0.3, -0.25) is 0 Å². The lowest BCUT2D eigenvalue weighted by molar-refractivity contribution is -0.0792. The number of aliphatic hydroxyl groups is 1. The van der Waals surface area contributed by atoms with E-state index < -0.39 is 5.60 Å². The average molecular weight is 200 g/mol. The number of rotatable bonds is 5. The van der Waals surface area contributed by atoms with E-state index in [-0.39, 0.29) is 5.92 Å². The van der Waals surface area contributed by atoms with Crippen LogP contribution in [0.2, 0.25) is 0 Å². The topological polar surface area (TPSA) is 29.5 Å². The van der Waals surface area contributed by atoms with Crippen molar-refractivity contribution in [3.05, 3.63) is 0 Å². The maximum absolute atomic E-state index is 10.4. The fourth-order valence-corrected chi connectivity index (χ4v) is 2.43. The predicted octanol–water partition coefficient (Wildman–Crippen LogP) is 2.60. The molecule has 0 radical (unpaired) electrons. The summed E-state index contributed by atoms with van der Waals surface area (Å²) in [6.07, 6.45) is 6.17. The molecule has 0 spiro atoms. The van der Waals surface area contributed by atoms with Gasteiger partial charge in [-0.25, -0.2) is 0 Å². The van der Waals surface area contributed by atoms with Crippen LogP contribution in [0.5, 0.6) is 0 Å². The second kappa shape index (κ2) is 5.13. The molecule has 0 aromatic carbocycles. The zero-order valence-corrected chi connectivity index (χ0v) is 9.75. The summed E-state index contributed by atoms with van der Waals surface area (Å²) in [5.41, 5.74) is -0.607. The molecule has 1 atom stereocenters. The van der Waals surface area contributed by atoms with Crippen LogP contribution in [0.3, 0.4) is 0 Å². The third-order valence-corrected chi connectivity index (χ3v) is 3.59. The minimum Gasteiger partial charge on any atom is -0.387 e. The summed E-state index contributed by atoms with van der Waals surface area (Å²) in [7, 11) is 1.67. The van der Waals surface area contributed by atoms with Gasteiger partial charge >= 0.3 is 0 Å². The third kappa shape index (κ3) is 2.96. The smallest absolute Gasteiger partial charge is 0.0905 e. The molecule has 1 aliphatic rings. The van der Waals surface area contributed by atoms with Gasteiger partial charge in [-0.2, -0.15) is 0 Å². The van der Waals surface area contributed by atoms with Gasteiger partial charge in [-0.05, 0) is 18.3 Å². The molecule has 1 fully saturated rings. The zero-order valence-electron chi connectivity index (χ0n) is 9.75. The lowest BCUT2D eigenvalue weighted by Gasteiger charge is -2.33. The summed E-state index contributed by atoms with van der Waals surface area (Å²) in [5.74, 6) is 1.00. The van der Waals surface area contributed by atoms with Gasteiger partial charge in [0.2, 0.25) is 0 Å². The van der Waals surface area contributed by atoms with E-state index in [9.17, 15) is 5.11 Å². The first-order chi connectivity index (χ1) is 6.58. The Bertz CT molecular complexity index is 162. The van der Waals surface area contributed by atoms with Gasteiger partial charge < -0.3 is 9.84 Å². The summed E-state index contributed by atoms with van der Waals surface area (Å²) in [6, 6.07) is 0. The number of ether oxygens (including phenoxy) is 1. The van der Waals surface area contributed by atoms with Crippen molar-refractivity contribution in [1.82, 2.24) is 0 Å². The molecule has 84 valence electrons. The number of methoxy groups -OCH3 is 1. The van der Waals surface area contributed by atoms with Gasteiger partial charge in [-0.15, -0.1) is 0 Å². The summed E-state index contributed by atoms with van der Waals surface area (Å²) in [5, 5.41) is 10.4. The summed E-state index contributed by atoms with van der Waals surface area (Å²) >= 11 is 0. The van der Waals surface area contributed by atoms with Crippen LogP contribution in [0.25, 0.3) is 0 Å². The van der Waals surface area contributed by atoms with Crippen molar-refractivity contribution in [1.29, 1.82) is 0 Å². The Morgan fingerprint density at radius 2 is 1.93 bits per heavy atom. The maximum atomic E-state index is 10.4. The quantitative estimate of drug-likeness (QED) is 0.739. The molecule has 0 bridgehead atoms. The van der Waals surface area contributed by atoms with Crippen molar-refractivity contribution >= 4 is 0 Å². The molecule has 1 aliphatic carbocycles. The highest BCUT2D eigenvalue weighted by Gasteiger charge is 2.34. The van der Waals surface area contributed by atoms with E-state index >= 15 is 0 Å². The molecule has 0 aliphatic heterocycles. The second-order valence-corrected chi connectivity index (χ2v) is 5.05. The first-order valence-electron chi connectivity index (χ1n) is 5.80. The number of hydrogen-bond donors (Lipinski definition) is 1. The molecule has 0 amide bonds. The Hall–Kier alpha value is -0.0800. The first kappa shape index (κ1) is 12.0. The molecule has 1 saturated carbocycles. The van der Waals surface area contributed by atoms with E-state index in [1.54, 1.807) is 7.11 Å². The molecular weight excluding hydrogens is 176 g/mol. The molecule has 14 heavy (non-hydrogen) atoms. The van der Waals surface area contributed by atoms with E-state index in [4.69, 9.17) is 4.74 Å². The van der Waals surface area contributed by atoms with Gasteiger partial charge in [-0.1, -0.05) is 39.5 Å². The normalized spacial score (nSPS) is 22.9. The van der Waals surface area contributed by atoms with Crippen molar-refractivity contribution in [2.75, 3.05) is 13.7 Å². The van der Waals surface area contributed by atoms with E-state index in [2.05, 4.69) is 13.8 Å². The van der Waals surface area contributed by atoms with Crippen molar-refractivity contribution < 1.29 is 9.84 Å². The molecule has 2 heteroatoms. The van der Waals surface area contributed by atoms with E-state index in [0.717, 1.165) is 12.3 Å². The molecule has 0 aromatic heterocycles. The molecule has 0 aromatic rings. The van der Waals surface area contributed by atoms with Crippen LogP contribution in [0, 0.1) is 11.8 Å². The van der Waals surface area contributed by atoms with Crippen LogP contribution in [0.4, 0.5) is 0 Å². The Morgan fingerprint density at radius 3 is 2.36 bits per heavy atom. The van der Waals surface area contributed by atoms with Crippen LogP contribution in [0.1, 0.15) is 46.0 Å². The Labute approximate surface area is 87.7 Å².